The molecular weight excluding hydrogens is 405 g/mol. The van der Waals surface area contributed by atoms with Gasteiger partial charge in [-0.1, -0.05) is 0 Å². The molecule has 0 aliphatic heterocycles. The minimum atomic E-state index is -5.51. The second kappa shape index (κ2) is 9.03. The first kappa shape index (κ1) is 23.9. The van der Waals surface area contributed by atoms with Crippen LogP contribution in [0.5, 0.6) is 0 Å². The number of hydrogen-bond donors (Lipinski definition) is 8. The molecule has 0 spiro atoms. The van der Waals surface area contributed by atoms with Gasteiger partial charge in [0.25, 0.3) is 0 Å². The van der Waals surface area contributed by atoms with Crippen LogP contribution < -0.4 is 0 Å². The van der Waals surface area contributed by atoms with Crippen molar-refractivity contribution in [3.8, 4) is 0 Å². The molecule has 0 aromatic rings. The van der Waals surface area contributed by atoms with Gasteiger partial charge in [-0.3, -0.25) is 18.4 Å². The summed E-state index contributed by atoms with van der Waals surface area (Å²) < 4.78 is 43.9. The van der Waals surface area contributed by atoms with Gasteiger partial charge >= 0.3 is 23.5 Å². The highest BCUT2D eigenvalue weighted by atomic mass is 31.2. The maximum atomic E-state index is 11.8. The van der Waals surface area contributed by atoms with Gasteiger partial charge in [0.15, 0.2) is 11.9 Å². The summed E-state index contributed by atoms with van der Waals surface area (Å²) >= 11 is 0. The lowest BCUT2D eigenvalue weighted by Gasteiger charge is -2.29. The molecule has 0 fully saturated rings. The first-order valence-corrected chi connectivity index (χ1v) is 10.1. The molecular formula is C6H15O15P3. The van der Waals surface area contributed by atoms with Gasteiger partial charge in [0.05, 0.1) is 6.61 Å². The number of phosphoric acid groups is 3. The Labute approximate surface area is 133 Å². The smallest absolute Gasteiger partial charge is 0.394 e. The van der Waals surface area contributed by atoms with Crippen molar-refractivity contribution in [2.45, 2.75) is 18.3 Å². The van der Waals surface area contributed by atoms with Crippen LogP contribution in [0.25, 0.3) is 0 Å². The molecule has 15 nitrogen and oxygen atoms in total. The average Bonchev–Trinajstić information content (AvgIpc) is 2.36. The molecule has 0 rings (SSSR count). The number of hydrogen-bond acceptors (Lipinski definition) is 9. The lowest BCUT2D eigenvalue weighted by atomic mass is 10.1. The number of carbonyl (C=O) groups is 1. The van der Waals surface area contributed by atoms with Crippen LogP contribution in [0.1, 0.15) is 0 Å². The Morgan fingerprint density at radius 2 is 1.33 bits per heavy atom. The van der Waals surface area contributed by atoms with Gasteiger partial charge in [-0.2, -0.15) is 0 Å². The molecule has 0 heterocycles. The average molecular weight is 420 g/mol. The molecule has 0 aliphatic rings. The molecule has 0 unspecified atom stereocenters. The molecule has 0 saturated heterocycles. The van der Waals surface area contributed by atoms with Gasteiger partial charge in [0.1, 0.15) is 18.8 Å². The van der Waals surface area contributed by atoms with E-state index < -0.39 is 60.8 Å². The van der Waals surface area contributed by atoms with E-state index in [1.807, 2.05) is 0 Å². The Balaban J connectivity index is 5.60. The number of carbonyl (C=O) groups excluding carboxylic acids is 1. The maximum absolute atomic E-state index is 11.8. The monoisotopic (exact) mass is 420 g/mol. The Bertz CT molecular complexity index is 556. The highest BCUT2D eigenvalue weighted by Crippen LogP contribution is 2.44. The van der Waals surface area contributed by atoms with E-state index in [2.05, 4.69) is 13.6 Å². The number of aliphatic hydroxyl groups excluding tert-OH is 2. The minimum absolute atomic E-state index is 1.28. The summed E-state index contributed by atoms with van der Waals surface area (Å²) in [5, 5.41) is 18.2. The second-order valence-electron chi connectivity index (χ2n) is 4.06. The molecule has 0 aromatic carbocycles. The Morgan fingerprint density at radius 1 is 0.875 bits per heavy atom. The third kappa shape index (κ3) is 10.7. The second-order valence-corrected chi connectivity index (χ2v) is 7.68. The molecule has 0 radical (unpaired) electrons. The lowest BCUT2D eigenvalue weighted by molar-refractivity contribution is -0.140. The zero-order chi connectivity index (χ0) is 19.3. The highest BCUT2D eigenvalue weighted by molar-refractivity contribution is 7.47. The fourth-order valence-electron chi connectivity index (χ4n) is 1.27. The van der Waals surface area contributed by atoms with Crippen LogP contribution in [-0.2, 0) is 32.1 Å². The number of ketones is 1. The first-order chi connectivity index (χ1) is 10.6. The first-order valence-electron chi connectivity index (χ1n) is 5.55. The topological polar surface area (TPSA) is 258 Å². The summed E-state index contributed by atoms with van der Waals surface area (Å²) in [5.74, 6) is -1.66. The van der Waals surface area contributed by atoms with E-state index in [0.29, 0.717) is 0 Å². The summed E-state index contributed by atoms with van der Waals surface area (Å²) in [4.78, 5) is 63.5. The maximum Gasteiger partial charge on any atom is 0.470 e. The van der Waals surface area contributed by atoms with Crippen LogP contribution in [0.2, 0.25) is 0 Å². The summed E-state index contributed by atoms with van der Waals surface area (Å²) in [5.41, 5.74) is 0. The van der Waals surface area contributed by atoms with E-state index in [9.17, 15) is 23.6 Å². The van der Waals surface area contributed by atoms with Crippen molar-refractivity contribution in [2.24, 2.45) is 0 Å². The summed E-state index contributed by atoms with van der Waals surface area (Å²) in [7, 11) is -16.1. The Kier molecular flexibility index (Phi) is 9.00. The fraction of sp³-hybridized carbons (Fsp3) is 0.833. The van der Waals surface area contributed by atoms with Crippen molar-refractivity contribution in [3.63, 3.8) is 0 Å². The molecule has 144 valence electrons. The third-order valence-electron chi connectivity index (χ3n) is 2.07. The van der Waals surface area contributed by atoms with Crippen molar-refractivity contribution < 1.29 is 71.6 Å². The normalized spacial score (nSPS) is 17.3. The highest BCUT2D eigenvalue weighted by Gasteiger charge is 2.43. The molecule has 0 amide bonds. The summed E-state index contributed by atoms with van der Waals surface area (Å²) in [6, 6.07) is 0. The molecule has 24 heavy (non-hydrogen) atoms. The number of aliphatic hydroxyl groups is 2. The zero-order valence-electron chi connectivity index (χ0n) is 11.4. The Morgan fingerprint density at radius 3 is 1.67 bits per heavy atom. The standard InChI is InChI=1S/C6H15O15P3/c7-1-3(8)5(20-23(13,14)15)6(21-24(16,17)18)4(9)2-19-22(10,11)12/h3,5-8H,1-2H2,(H2,10,11,12)(H2,13,14,15)(H2,16,17,18)/t3-,5-,6-/m1/s1. The van der Waals surface area contributed by atoms with Crippen LogP contribution in [0.15, 0.2) is 0 Å². The van der Waals surface area contributed by atoms with Gasteiger partial charge in [0, 0.05) is 0 Å². The van der Waals surface area contributed by atoms with Gasteiger partial charge in [-0.25, -0.2) is 13.7 Å². The largest absolute Gasteiger partial charge is 0.470 e. The number of rotatable bonds is 11. The predicted molar refractivity (Wildman–Crippen MR) is 69.9 cm³/mol. The summed E-state index contributed by atoms with van der Waals surface area (Å²) in [6.45, 7) is -2.80. The SMILES string of the molecule is O=C(COP(=O)(O)O)[C@@H](OP(=O)(O)O)[C@H](OP(=O)(O)O)[C@H](O)CO. The zero-order valence-corrected chi connectivity index (χ0v) is 14.1. The predicted octanol–water partition coefficient (Wildman–Crippen LogP) is -3.03. The Hall–Kier alpha value is -0.0800. The van der Waals surface area contributed by atoms with E-state index in [4.69, 9.17) is 34.5 Å². The van der Waals surface area contributed by atoms with Crippen LogP contribution in [0.4, 0.5) is 0 Å². The van der Waals surface area contributed by atoms with Gasteiger partial charge in [-0.15, -0.1) is 0 Å². The molecule has 0 aliphatic carbocycles. The molecule has 0 bridgehead atoms. The van der Waals surface area contributed by atoms with E-state index >= 15 is 0 Å². The van der Waals surface area contributed by atoms with Crippen LogP contribution in [0, 0.1) is 0 Å². The van der Waals surface area contributed by atoms with Crippen LogP contribution >= 0.6 is 23.5 Å². The molecule has 8 N–H and O–H groups in total. The number of Topliss-reactive ketones (excluding diaryl/α,β-unsaturated/α-hetero) is 1. The number of phosphoric ester groups is 3. The van der Waals surface area contributed by atoms with E-state index in [0.717, 1.165) is 0 Å². The molecule has 0 aromatic heterocycles. The van der Waals surface area contributed by atoms with E-state index in [-0.39, 0.29) is 0 Å². The van der Waals surface area contributed by atoms with Gasteiger partial charge in [0.2, 0.25) is 0 Å². The van der Waals surface area contributed by atoms with Gasteiger partial charge in [-0.05, 0) is 0 Å². The quantitative estimate of drug-likeness (QED) is 0.155. The van der Waals surface area contributed by atoms with Crippen LogP contribution in [0.3, 0.4) is 0 Å². The van der Waals surface area contributed by atoms with Crippen molar-refractivity contribution in [2.75, 3.05) is 13.2 Å². The van der Waals surface area contributed by atoms with E-state index in [1.54, 1.807) is 0 Å². The fourth-order valence-corrected chi connectivity index (χ4v) is 2.67. The third-order valence-corrected chi connectivity index (χ3v) is 3.55. The van der Waals surface area contributed by atoms with Crippen molar-refractivity contribution in [1.82, 2.24) is 0 Å². The molecule has 3 atom stereocenters. The summed E-state index contributed by atoms with van der Waals surface area (Å²) in [6.07, 6.45) is -7.42. The molecule has 18 heteroatoms. The van der Waals surface area contributed by atoms with Crippen molar-refractivity contribution in [3.05, 3.63) is 0 Å². The van der Waals surface area contributed by atoms with E-state index in [1.165, 1.54) is 0 Å². The lowest BCUT2D eigenvalue weighted by Crippen LogP contribution is -2.47. The minimum Gasteiger partial charge on any atom is -0.394 e. The van der Waals surface area contributed by atoms with Crippen molar-refractivity contribution >= 4 is 29.3 Å². The van der Waals surface area contributed by atoms with Crippen molar-refractivity contribution in [1.29, 1.82) is 0 Å². The molecule has 0 saturated carbocycles. The van der Waals surface area contributed by atoms with Crippen LogP contribution in [-0.4, -0.2) is 76.9 Å². The van der Waals surface area contributed by atoms with Gasteiger partial charge < -0.3 is 39.6 Å².